The third-order valence-electron chi connectivity index (χ3n) is 1.66. The molecule has 0 radical (unpaired) electrons. The standard InChI is InChI=1S/C10H13BrN2O2S/c1-3-15-9(14)4-7(2)16-10-12-5-8(11)6-13-10/h5-7H,3-4H2,1-2H3/t7-/m1/s1. The zero-order valence-electron chi connectivity index (χ0n) is 9.14. The van der Waals surface area contributed by atoms with E-state index in [0.29, 0.717) is 18.2 Å². The molecule has 0 fully saturated rings. The molecule has 0 saturated carbocycles. The molecule has 0 bridgehead atoms. The van der Waals surface area contributed by atoms with Crippen LogP contribution < -0.4 is 0 Å². The minimum absolute atomic E-state index is 0.111. The lowest BCUT2D eigenvalue weighted by Crippen LogP contribution is -2.10. The van der Waals surface area contributed by atoms with Crippen LogP contribution in [0.4, 0.5) is 0 Å². The van der Waals surface area contributed by atoms with Crippen LogP contribution in [0.5, 0.6) is 0 Å². The number of rotatable bonds is 5. The van der Waals surface area contributed by atoms with Crippen LogP contribution in [0.3, 0.4) is 0 Å². The van der Waals surface area contributed by atoms with Crippen LogP contribution in [0.25, 0.3) is 0 Å². The molecule has 0 aromatic carbocycles. The predicted molar refractivity (Wildman–Crippen MR) is 66.3 cm³/mol. The lowest BCUT2D eigenvalue weighted by atomic mass is 10.3. The van der Waals surface area contributed by atoms with Crippen LogP contribution >= 0.6 is 27.7 Å². The number of esters is 1. The van der Waals surface area contributed by atoms with Crippen molar-refractivity contribution < 1.29 is 9.53 Å². The Kier molecular flexibility index (Phi) is 5.76. The first-order valence-electron chi connectivity index (χ1n) is 4.91. The summed E-state index contributed by atoms with van der Waals surface area (Å²) in [6.07, 6.45) is 3.75. The number of carbonyl (C=O) groups excluding carboxylic acids is 1. The van der Waals surface area contributed by atoms with Crippen molar-refractivity contribution in [2.24, 2.45) is 0 Å². The van der Waals surface area contributed by atoms with E-state index in [1.165, 1.54) is 11.8 Å². The van der Waals surface area contributed by atoms with Gasteiger partial charge in [0.05, 0.1) is 17.5 Å². The van der Waals surface area contributed by atoms with Gasteiger partial charge in [0.15, 0.2) is 5.16 Å². The van der Waals surface area contributed by atoms with Crippen LogP contribution in [0, 0.1) is 0 Å². The maximum absolute atomic E-state index is 11.2. The van der Waals surface area contributed by atoms with E-state index in [-0.39, 0.29) is 11.2 Å². The summed E-state index contributed by atoms with van der Waals surface area (Å²) in [7, 11) is 0. The van der Waals surface area contributed by atoms with Crippen LogP contribution in [0.1, 0.15) is 20.3 Å². The molecule has 6 heteroatoms. The highest BCUT2D eigenvalue weighted by atomic mass is 79.9. The molecule has 0 spiro atoms. The van der Waals surface area contributed by atoms with E-state index in [2.05, 4.69) is 25.9 Å². The molecule has 16 heavy (non-hydrogen) atoms. The van der Waals surface area contributed by atoms with E-state index in [0.717, 1.165) is 4.47 Å². The zero-order chi connectivity index (χ0) is 12.0. The summed E-state index contributed by atoms with van der Waals surface area (Å²) in [6.45, 7) is 4.17. The Labute approximate surface area is 107 Å². The van der Waals surface area contributed by atoms with Gasteiger partial charge in [0, 0.05) is 17.6 Å². The van der Waals surface area contributed by atoms with Crippen molar-refractivity contribution in [3.63, 3.8) is 0 Å². The van der Waals surface area contributed by atoms with Gasteiger partial charge in [0.25, 0.3) is 0 Å². The maximum atomic E-state index is 11.2. The van der Waals surface area contributed by atoms with Crippen molar-refractivity contribution in [1.29, 1.82) is 0 Å². The van der Waals surface area contributed by atoms with Gasteiger partial charge in [-0.05, 0) is 22.9 Å². The number of hydrogen-bond acceptors (Lipinski definition) is 5. The van der Waals surface area contributed by atoms with E-state index >= 15 is 0 Å². The Hall–Kier alpha value is -0.620. The summed E-state index contributed by atoms with van der Waals surface area (Å²) in [5.41, 5.74) is 0. The van der Waals surface area contributed by atoms with Crippen molar-refractivity contribution in [1.82, 2.24) is 9.97 Å². The molecule has 1 heterocycles. The van der Waals surface area contributed by atoms with Crippen LogP contribution in [-0.2, 0) is 9.53 Å². The topological polar surface area (TPSA) is 52.1 Å². The molecule has 0 amide bonds. The van der Waals surface area contributed by atoms with Crippen LogP contribution in [0.15, 0.2) is 22.0 Å². The van der Waals surface area contributed by atoms with Crippen molar-refractivity contribution in [2.45, 2.75) is 30.7 Å². The summed E-state index contributed by atoms with van der Waals surface area (Å²) >= 11 is 4.73. The Balaban J connectivity index is 2.42. The number of thioether (sulfide) groups is 1. The lowest BCUT2D eigenvalue weighted by molar-refractivity contribution is -0.142. The molecule has 0 N–H and O–H groups in total. The van der Waals surface area contributed by atoms with Gasteiger partial charge in [-0.1, -0.05) is 18.7 Å². The summed E-state index contributed by atoms with van der Waals surface area (Å²) < 4.78 is 5.71. The molecular weight excluding hydrogens is 292 g/mol. The van der Waals surface area contributed by atoms with Crippen molar-refractivity contribution in [2.75, 3.05) is 6.61 Å². The Morgan fingerprint density at radius 2 is 2.19 bits per heavy atom. The number of hydrogen-bond donors (Lipinski definition) is 0. The SMILES string of the molecule is CCOC(=O)C[C@@H](C)Sc1ncc(Br)cn1. The van der Waals surface area contributed by atoms with Gasteiger partial charge in [-0.25, -0.2) is 9.97 Å². The van der Waals surface area contributed by atoms with Gasteiger partial charge < -0.3 is 4.74 Å². The van der Waals surface area contributed by atoms with E-state index in [1.54, 1.807) is 19.3 Å². The predicted octanol–water partition coefficient (Wildman–Crippen LogP) is 2.67. The minimum Gasteiger partial charge on any atom is -0.466 e. The van der Waals surface area contributed by atoms with Gasteiger partial charge >= 0.3 is 5.97 Å². The highest BCUT2D eigenvalue weighted by Crippen LogP contribution is 2.22. The first-order chi connectivity index (χ1) is 7.61. The van der Waals surface area contributed by atoms with Gasteiger partial charge in [-0.2, -0.15) is 0 Å². The van der Waals surface area contributed by atoms with Crippen LogP contribution in [0.2, 0.25) is 0 Å². The largest absolute Gasteiger partial charge is 0.466 e. The van der Waals surface area contributed by atoms with Gasteiger partial charge in [-0.3, -0.25) is 4.79 Å². The molecule has 1 rings (SSSR count). The maximum Gasteiger partial charge on any atom is 0.306 e. The second kappa shape index (κ2) is 6.85. The normalized spacial score (nSPS) is 12.2. The molecule has 88 valence electrons. The van der Waals surface area contributed by atoms with Crippen molar-refractivity contribution in [3.05, 3.63) is 16.9 Å². The van der Waals surface area contributed by atoms with Gasteiger partial charge in [0.2, 0.25) is 0 Å². The smallest absolute Gasteiger partial charge is 0.306 e. The first kappa shape index (κ1) is 13.4. The van der Waals surface area contributed by atoms with Crippen LogP contribution in [-0.4, -0.2) is 27.8 Å². The fourth-order valence-corrected chi connectivity index (χ4v) is 2.05. The number of halogens is 1. The number of carbonyl (C=O) groups is 1. The molecule has 1 aromatic rings. The fourth-order valence-electron chi connectivity index (χ4n) is 1.04. The average molecular weight is 305 g/mol. The average Bonchev–Trinajstić information content (AvgIpc) is 2.21. The highest BCUT2D eigenvalue weighted by Gasteiger charge is 2.12. The number of nitrogens with zero attached hydrogens (tertiary/aromatic N) is 2. The summed E-state index contributed by atoms with van der Waals surface area (Å²) in [4.78, 5) is 19.5. The lowest BCUT2D eigenvalue weighted by Gasteiger charge is -2.08. The summed E-state index contributed by atoms with van der Waals surface area (Å²) in [5.74, 6) is -0.181. The second-order valence-corrected chi connectivity index (χ2v) is 5.44. The van der Waals surface area contributed by atoms with Crippen molar-refractivity contribution in [3.8, 4) is 0 Å². The Morgan fingerprint density at radius 3 is 2.75 bits per heavy atom. The fraction of sp³-hybridized carbons (Fsp3) is 0.500. The molecule has 4 nitrogen and oxygen atoms in total. The molecule has 0 saturated heterocycles. The third kappa shape index (κ3) is 4.94. The quantitative estimate of drug-likeness (QED) is 0.475. The number of aromatic nitrogens is 2. The zero-order valence-corrected chi connectivity index (χ0v) is 11.5. The Bertz CT molecular complexity index is 345. The highest BCUT2D eigenvalue weighted by molar-refractivity contribution is 9.10. The van der Waals surface area contributed by atoms with Gasteiger partial charge in [-0.15, -0.1) is 0 Å². The van der Waals surface area contributed by atoms with E-state index in [9.17, 15) is 4.79 Å². The molecule has 0 aliphatic heterocycles. The second-order valence-electron chi connectivity index (χ2n) is 3.12. The molecule has 0 aliphatic rings. The summed E-state index contributed by atoms with van der Waals surface area (Å²) in [5, 5.41) is 0.778. The molecule has 0 unspecified atom stereocenters. The van der Waals surface area contributed by atoms with E-state index < -0.39 is 0 Å². The van der Waals surface area contributed by atoms with Crippen molar-refractivity contribution >= 4 is 33.7 Å². The van der Waals surface area contributed by atoms with Gasteiger partial charge in [0.1, 0.15) is 0 Å². The first-order valence-corrected chi connectivity index (χ1v) is 6.59. The van der Waals surface area contributed by atoms with E-state index in [1.807, 2.05) is 6.92 Å². The monoisotopic (exact) mass is 304 g/mol. The molecular formula is C10H13BrN2O2S. The molecule has 1 aromatic heterocycles. The molecule has 0 aliphatic carbocycles. The minimum atomic E-state index is -0.181. The molecule has 1 atom stereocenters. The van der Waals surface area contributed by atoms with E-state index in [4.69, 9.17) is 4.74 Å². The third-order valence-corrected chi connectivity index (χ3v) is 3.06. The Morgan fingerprint density at radius 1 is 1.56 bits per heavy atom. The number of ether oxygens (including phenoxy) is 1. The summed E-state index contributed by atoms with van der Waals surface area (Å²) in [6, 6.07) is 0.